The number of hydrogen-bond acceptors (Lipinski definition) is 6. The van der Waals surface area contributed by atoms with E-state index in [1.54, 1.807) is 19.1 Å². The molecule has 36 heavy (non-hydrogen) atoms. The summed E-state index contributed by atoms with van der Waals surface area (Å²) in [6, 6.07) is 11.1. The van der Waals surface area contributed by atoms with Crippen molar-refractivity contribution in [1.82, 2.24) is 10.7 Å². The van der Waals surface area contributed by atoms with Crippen molar-refractivity contribution in [1.29, 1.82) is 0 Å². The smallest absolute Gasteiger partial charge is 0.329 e. The number of hydrogen-bond donors (Lipinski definition) is 3. The number of ether oxygens (including phenoxy) is 1. The molecule has 3 amide bonds. The highest BCUT2D eigenvalue weighted by Gasteiger charge is 2.19. The first-order chi connectivity index (χ1) is 17.4. The van der Waals surface area contributed by atoms with Gasteiger partial charge in [0, 0.05) is 28.6 Å². The van der Waals surface area contributed by atoms with Gasteiger partial charge in [0.15, 0.2) is 0 Å². The lowest BCUT2D eigenvalue weighted by molar-refractivity contribution is -0.136. The summed E-state index contributed by atoms with van der Waals surface area (Å²) >= 11 is 0. The van der Waals surface area contributed by atoms with Crippen LogP contribution in [0.15, 0.2) is 45.9 Å². The van der Waals surface area contributed by atoms with E-state index in [9.17, 15) is 14.4 Å². The average molecular weight is 493 g/mol. The number of rotatable bonds is 6. The van der Waals surface area contributed by atoms with E-state index in [2.05, 4.69) is 21.2 Å². The molecule has 0 bridgehead atoms. The molecule has 1 aliphatic rings. The largest absolute Gasteiger partial charge is 0.495 e. The van der Waals surface area contributed by atoms with Crippen molar-refractivity contribution in [3.05, 3.63) is 36.4 Å². The minimum atomic E-state index is -0.957. The molecule has 190 valence electrons. The number of para-hydroxylation sites is 1. The number of furan rings is 1. The fraction of sp³-hybridized carbons (Fsp3) is 0.407. The lowest BCUT2D eigenvalue weighted by Crippen LogP contribution is -2.37. The molecule has 0 radical (unpaired) electrons. The van der Waals surface area contributed by atoms with Gasteiger partial charge in [-0.1, -0.05) is 50.3 Å². The van der Waals surface area contributed by atoms with Gasteiger partial charge in [-0.2, -0.15) is 5.10 Å². The highest BCUT2D eigenvalue weighted by atomic mass is 16.5. The summed E-state index contributed by atoms with van der Waals surface area (Å²) in [6.07, 6.45) is 7.95. The Morgan fingerprint density at radius 1 is 0.972 bits per heavy atom. The van der Waals surface area contributed by atoms with Gasteiger partial charge in [-0.15, -0.1) is 0 Å². The third-order valence-electron chi connectivity index (χ3n) is 6.39. The third-order valence-corrected chi connectivity index (χ3v) is 6.39. The highest BCUT2D eigenvalue weighted by Crippen LogP contribution is 2.36. The number of hydrazone groups is 1. The number of carbonyl (C=O) groups excluding carboxylic acids is 3. The maximum atomic E-state index is 12.5. The summed E-state index contributed by atoms with van der Waals surface area (Å²) in [4.78, 5) is 37.2. The van der Waals surface area contributed by atoms with Crippen molar-refractivity contribution in [2.24, 2.45) is 5.10 Å². The summed E-state index contributed by atoms with van der Waals surface area (Å²) in [5.41, 5.74) is 4.18. The van der Waals surface area contributed by atoms with Crippen LogP contribution in [0, 0.1) is 0 Å². The van der Waals surface area contributed by atoms with Gasteiger partial charge in [-0.3, -0.25) is 14.4 Å². The molecule has 1 fully saturated rings. The van der Waals surface area contributed by atoms with E-state index in [-0.39, 0.29) is 18.4 Å². The molecule has 9 nitrogen and oxygen atoms in total. The Morgan fingerprint density at radius 3 is 2.44 bits per heavy atom. The van der Waals surface area contributed by atoms with Crippen LogP contribution in [0.3, 0.4) is 0 Å². The Kier molecular flexibility index (Phi) is 8.20. The van der Waals surface area contributed by atoms with Crippen molar-refractivity contribution < 1.29 is 23.5 Å². The molecule has 1 aromatic heterocycles. The molecule has 3 aromatic rings. The predicted molar refractivity (Wildman–Crippen MR) is 139 cm³/mol. The van der Waals surface area contributed by atoms with E-state index < -0.39 is 11.8 Å². The highest BCUT2D eigenvalue weighted by molar-refractivity contribution is 6.40. The summed E-state index contributed by atoms with van der Waals surface area (Å²) < 4.78 is 11.3. The number of nitrogens with one attached hydrogen (secondary N) is 3. The second-order valence-electron chi connectivity index (χ2n) is 9.18. The Bertz CT molecular complexity index is 1290. The Morgan fingerprint density at radius 2 is 1.69 bits per heavy atom. The second kappa shape index (κ2) is 11.7. The number of anilines is 1. The lowest BCUT2D eigenvalue weighted by Gasteiger charge is -2.21. The molecule has 0 spiro atoms. The molecule has 1 aliphatic carbocycles. The number of carbonyl (C=O) groups is 3. The first kappa shape index (κ1) is 25.2. The van der Waals surface area contributed by atoms with Crippen LogP contribution in [-0.2, 0) is 14.4 Å². The number of amides is 3. The third kappa shape index (κ3) is 6.21. The van der Waals surface area contributed by atoms with Crippen LogP contribution < -0.4 is 20.8 Å². The molecule has 0 saturated heterocycles. The fourth-order valence-corrected chi connectivity index (χ4v) is 4.55. The van der Waals surface area contributed by atoms with Crippen molar-refractivity contribution in [3.63, 3.8) is 0 Å². The molecule has 0 aliphatic heterocycles. The second-order valence-corrected chi connectivity index (χ2v) is 9.18. The number of methoxy groups -OCH3 is 1. The summed E-state index contributed by atoms with van der Waals surface area (Å²) in [5, 5.41) is 11.3. The van der Waals surface area contributed by atoms with Crippen molar-refractivity contribution in [3.8, 4) is 5.75 Å². The summed E-state index contributed by atoms with van der Waals surface area (Å²) in [7, 11) is 1.48. The minimum Gasteiger partial charge on any atom is -0.495 e. The van der Waals surface area contributed by atoms with Crippen LogP contribution in [0.2, 0.25) is 0 Å². The zero-order valence-corrected chi connectivity index (χ0v) is 20.7. The predicted octanol–water partition coefficient (Wildman–Crippen LogP) is 4.64. The Balaban J connectivity index is 1.34. The molecule has 3 N–H and O–H groups in total. The minimum absolute atomic E-state index is 0.0505. The normalized spacial score (nSPS) is 15.2. The average Bonchev–Trinajstić information content (AvgIpc) is 3.20. The van der Waals surface area contributed by atoms with E-state index in [0.29, 0.717) is 28.3 Å². The van der Waals surface area contributed by atoms with Crippen molar-refractivity contribution in [2.75, 3.05) is 12.4 Å². The molecular weight excluding hydrogens is 460 g/mol. The van der Waals surface area contributed by atoms with Gasteiger partial charge in [0.2, 0.25) is 5.91 Å². The summed E-state index contributed by atoms with van der Waals surface area (Å²) in [5.74, 6) is -1.62. The van der Waals surface area contributed by atoms with Crippen LogP contribution in [0.4, 0.5) is 5.69 Å². The molecule has 4 rings (SSSR count). The monoisotopic (exact) mass is 492 g/mol. The maximum Gasteiger partial charge on any atom is 0.329 e. The standard InChI is InChI=1S/C27H32N4O5/c1-17(14-25(32)28-18-10-6-4-3-5-7-11-18)30-31-27(34)26(33)29-21-16-23-20(15-24(21)35-2)19-12-8-9-13-22(19)36-23/h8-9,12-13,15-16,18H,3-7,10-11,14H2,1-2H3,(H,28,32)(H,29,33)(H,31,34)/b30-17-. The molecule has 0 atom stereocenters. The molecule has 9 heteroatoms. The lowest BCUT2D eigenvalue weighted by atomic mass is 9.96. The van der Waals surface area contributed by atoms with E-state index in [1.807, 2.05) is 24.3 Å². The number of fused-ring (bicyclic) bond motifs is 3. The van der Waals surface area contributed by atoms with Gasteiger partial charge in [0.05, 0.1) is 19.2 Å². The van der Waals surface area contributed by atoms with Gasteiger partial charge in [0.1, 0.15) is 16.9 Å². The van der Waals surface area contributed by atoms with E-state index in [0.717, 1.165) is 36.5 Å². The molecule has 1 saturated carbocycles. The quantitative estimate of drug-likeness (QED) is 0.263. The van der Waals surface area contributed by atoms with Gasteiger partial charge in [-0.05, 0) is 31.9 Å². The van der Waals surface area contributed by atoms with Crippen molar-refractivity contribution >= 4 is 51.1 Å². The molecule has 2 aromatic carbocycles. The molecule has 1 heterocycles. The fourth-order valence-electron chi connectivity index (χ4n) is 4.55. The van der Waals surface area contributed by atoms with E-state index >= 15 is 0 Å². The number of benzene rings is 2. The van der Waals surface area contributed by atoms with E-state index in [4.69, 9.17) is 9.15 Å². The van der Waals surface area contributed by atoms with Crippen LogP contribution in [0.5, 0.6) is 5.75 Å². The van der Waals surface area contributed by atoms with Gasteiger partial charge in [-0.25, -0.2) is 5.43 Å². The van der Waals surface area contributed by atoms with Crippen LogP contribution in [-0.4, -0.2) is 36.6 Å². The number of nitrogens with zero attached hydrogens (tertiary/aromatic N) is 1. The Labute approximate surface area is 209 Å². The van der Waals surface area contributed by atoms with Crippen LogP contribution in [0.25, 0.3) is 21.9 Å². The van der Waals surface area contributed by atoms with Crippen LogP contribution in [0.1, 0.15) is 58.3 Å². The van der Waals surface area contributed by atoms with Gasteiger partial charge < -0.3 is 19.8 Å². The van der Waals surface area contributed by atoms with Crippen molar-refractivity contribution in [2.45, 2.75) is 64.3 Å². The Hall–Kier alpha value is -3.88. The van der Waals surface area contributed by atoms with Gasteiger partial charge >= 0.3 is 11.8 Å². The zero-order valence-electron chi connectivity index (χ0n) is 20.7. The molecule has 0 unspecified atom stereocenters. The maximum absolute atomic E-state index is 12.5. The zero-order chi connectivity index (χ0) is 25.5. The van der Waals surface area contributed by atoms with Gasteiger partial charge in [0.25, 0.3) is 0 Å². The SMILES string of the molecule is COc1cc2c(cc1NC(=O)C(=O)N/N=C(/C)CC(=O)NC1CCCCCCC1)oc1ccccc12. The first-order valence-electron chi connectivity index (χ1n) is 12.4. The molecular formula is C27H32N4O5. The topological polar surface area (TPSA) is 122 Å². The first-order valence-corrected chi connectivity index (χ1v) is 12.4. The summed E-state index contributed by atoms with van der Waals surface area (Å²) in [6.45, 7) is 1.63. The van der Waals surface area contributed by atoms with E-state index in [1.165, 1.54) is 26.4 Å². The van der Waals surface area contributed by atoms with Crippen LogP contribution >= 0.6 is 0 Å².